The Morgan fingerprint density at radius 1 is 1.00 bits per heavy atom. The first-order valence-electron chi connectivity index (χ1n) is 1.82. The van der Waals surface area contributed by atoms with Gasteiger partial charge < -0.3 is 19.8 Å². The molecule has 0 saturated heterocycles. The first kappa shape index (κ1) is 22.5. The van der Waals surface area contributed by atoms with Crippen molar-refractivity contribution >= 4 is 11.9 Å². The predicted octanol–water partition coefficient (Wildman–Crippen LogP) is -2.49. The van der Waals surface area contributed by atoms with Gasteiger partial charge in [-0.15, -0.1) is 0 Å². The van der Waals surface area contributed by atoms with Crippen LogP contribution in [0.3, 0.4) is 0 Å². The van der Waals surface area contributed by atoms with Gasteiger partial charge in [-0.2, -0.15) is 0 Å². The van der Waals surface area contributed by atoms with Crippen LogP contribution < -0.4 is 10.2 Å². The van der Waals surface area contributed by atoms with Gasteiger partial charge in [-0.3, -0.25) is 0 Å². The van der Waals surface area contributed by atoms with Crippen LogP contribution in [-0.4, -0.2) is 11.9 Å². The second-order valence-electron chi connectivity index (χ2n) is 0.983. The number of aliphatic carboxylic acids is 2. The molecule has 0 aromatic heterocycles. The predicted molar refractivity (Wildman–Crippen MR) is 21.4 cm³/mol. The molecule has 1 radical (unpaired) electrons. The zero-order valence-electron chi connectivity index (χ0n) is 5.33. The smallest absolute Gasteiger partial charge is 0.550 e. The Morgan fingerprint density at radius 3 is 1.00 bits per heavy atom. The number of carbonyl (C=O) groups excluding carboxylic acids is 2. The minimum absolute atomic E-state index is 0. The maximum Gasteiger partial charge on any atom is 2.00 e. The van der Waals surface area contributed by atoms with Crippen molar-refractivity contribution in [1.82, 2.24) is 0 Å². The van der Waals surface area contributed by atoms with Crippen molar-refractivity contribution in [2.24, 2.45) is 0 Å². The van der Waals surface area contributed by atoms with Crippen LogP contribution in [0.4, 0.5) is 0 Å². The van der Waals surface area contributed by atoms with E-state index in [9.17, 15) is 0 Å². The molecule has 0 aliphatic rings. The van der Waals surface area contributed by atoms with Gasteiger partial charge in [0.05, 0.1) is 0 Å². The fraction of sp³-hybridized carbons (Fsp3) is 0.500. The zero-order valence-corrected chi connectivity index (χ0v) is 7.50. The first-order chi connectivity index (χ1) is 3.46. The van der Waals surface area contributed by atoms with E-state index in [1.807, 2.05) is 0 Å². The van der Waals surface area contributed by atoms with Crippen molar-refractivity contribution in [2.75, 3.05) is 0 Å². The number of rotatable bonds is 0. The molecule has 0 aliphatic heterocycles. The van der Waals surface area contributed by atoms with Crippen molar-refractivity contribution in [3.63, 3.8) is 0 Å². The van der Waals surface area contributed by atoms with Gasteiger partial charge >= 0.3 is 33.6 Å². The first-order valence-corrected chi connectivity index (χ1v) is 1.82. The summed E-state index contributed by atoms with van der Waals surface area (Å²) in [6.07, 6.45) is 0. The molecule has 0 rings (SSSR count). The molecular weight excluding hydrogens is 226 g/mol. The molecule has 0 aromatic carbocycles. The molecule has 6 heteroatoms. The summed E-state index contributed by atoms with van der Waals surface area (Å²) in [7, 11) is 0. The van der Waals surface area contributed by atoms with E-state index in [-0.39, 0.29) is 33.6 Å². The van der Waals surface area contributed by atoms with Crippen molar-refractivity contribution in [1.29, 1.82) is 0 Å². The van der Waals surface area contributed by atoms with Crippen LogP contribution >= 0.6 is 0 Å². The van der Waals surface area contributed by atoms with Crippen LogP contribution in [-0.2, 0) is 43.1 Å². The van der Waals surface area contributed by atoms with Gasteiger partial charge in [-0.05, 0) is 13.8 Å². The van der Waals surface area contributed by atoms with Gasteiger partial charge in [0.15, 0.2) is 0 Å². The molecule has 10 heavy (non-hydrogen) atoms. The molecule has 61 valence electrons. The molecule has 0 N–H and O–H groups in total. The number of carbonyl (C=O) groups is 2. The average molecular weight is 232 g/mol. The standard InChI is InChI=1S/2C2H4O2.Mn.Ni/c2*1-2(3)4;;/h2*1H3,(H,3,4);;/q;;2*+2/p-2. The molecule has 0 saturated carbocycles. The molecule has 0 aromatic rings. The monoisotopic (exact) mass is 231 g/mol. The third-order valence-corrected chi connectivity index (χ3v) is 0. The fourth-order valence-corrected chi connectivity index (χ4v) is 0. The van der Waals surface area contributed by atoms with E-state index in [0.717, 1.165) is 13.8 Å². The van der Waals surface area contributed by atoms with E-state index in [4.69, 9.17) is 19.8 Å². The van der Waals surface area contributed by atoms with Crippen LogP contribution in [0.25, 0.3) is 0 Å². The van der Waals surface area contributed by atoms with Crippen molar-refractivity contribution < 1.29 is 53.4 Å². The summed E-state index contributed by atoms with van der Waals surface area (Å²) < 4.78 is 0. The number of carboxylic acids is 2. The Kier molecular flexibility index (Phi) is 36.0. The zero-order chi connectivity index (χ0) is 7.15. The van der Waals surface area contributed by atoms with E-state index in [2.05, 4.69) is 0 Å². The van der Waals surface area contributed by atoms with Gasteiger partial charge in [-0.1, -0.05) is 0 Å². The molecule has 0 atom stereocenters. The molecule has 0 bridgehead atoms. The molecule has 4 nitrogen and oxygen atoms in total. The molecular formula is C4H6MnNiO4+2. The molecule has 0 amide bonds. The quantitative estimate of drug-likeness (QED) is 0.432. The number of hydrogen-bond acceptors (Lipinski definition) is 4. The maximum absolute atomic E-state index is 8.89. The SMILES string of the molecule is CC(=O)[O-].CC(=O)[O-].[Mn+2].[Ni+2]. The minimum atomic E-state index is -1.08. The van der Waals surface area contributed by atoms with Crippen LogP contribution in [0.5, 0.6) is 0 Å². The second-order valence-corrected chi connectivity index (χ2v) is 0.983. The van der Waals surface area contributed by atoms with E-state index in [1.54, 1.807) is 0 Å². The number of carboxylic acid groups (broad SMARTS) is 2. The van der Waals surface area contributed by atoms with Crippen LogP contribution in [0.2, 0.25) is 0 Å². The normalized spacial score (nSPS) is 5.00. The van der Waals surface area contributed by atoms with Crippen molar-refractivity contribution in [3.8, 4) is 0 Å². The molecule has 0 unspecified atom stereocenters. The topological polar surface area (TPSA) is 80.3 Å². The summed E-state index contributed by atoms with van der Waals surface area (Å²) in [6.45, 7) is 1.94. The van der Waals surface area contributed by atoms with E-state index < -0.39 is 11.9 Å². The summed E-state index contributed by atoms with van der Waals surface area (Å²) >= 11 is 0. The third-order valence-electron chi connectivity index (χ3n) is 0. The Hall–Kier alpha value is -0.0470. The van der Waals surface area contributed by atoms with Crippen LogP contribution in [0.15, 0.2) is 0 Å². The summed E-state index contributed by atoms with van der Waals surface area (Å²) in [5, 5.41) is 17.8. The van der Waals surface area contributed by atoms with Crippen LogP contribution in [0.1, 0.15) is 13.8 Å². The minimum Gasteiger partial charge on any atom is -0.550 e. The maximum atomic E-state index is 8.89. The molecule has 0 spiro atoms. The van der Waals surface area contributed by atoms with Crippen LogP contribution in [0, 0.1) is 0 Å². The third kappa shape index (κ3) is 174000. The van der Waals surface area contributed by atoms with Gasteiger partial charge in [0.2, 0.25) is 0 Å². The van der Waals surface area contributed by atoms with Crippen molar-refractivity contribution in [2.45, 2.75) is 13.8 Å². The van der Waals surface area contributed by atoms with E-state index in [0.29, 0.717) is 0 Å². The van der Waals surface area contributed by atoms with Gasteiger partial charge in [0.25, 0.3) is 0 Å². The summed E-state index contributed by atoms with van der Waals surface area (Å²) in [6, 6.07) is 0. The van der Waals surface area contributed by atoms with E-state index in [1.165, 1.54) is 0 Å². The Morgan fingerprint density at radius 2 is 1.00 bits per heavy atom. The number of hydrogen-bond donors (Lipinski definition) is 0. The van der Waals surface area contributed by atoms with Gasteiger partial charge in [0, 0.05) is 11.9 Å². The average Bonchev–Trinajstić information content (AvgIpc) is 1.25. The van der Waals surface area contributed by atoms with E-state index >= 15 is 0 Å². The summed E-state index contributed by atoms with van der Waals surface area (Å²) in [5.74, 6) is -2.17. The molecule has 0 fully saturated rings. The molecule has 0 aliphatic carbocycles. The van der Waals surface area contributed by atoms with Gasteiger partial charge in [0.1, 0.15) is 0 Å². The second kappa shape index (κ2) is 16.0. The largest absolute Gasteiger partial charge is 2.00 e. The fourth-order valence-electron chi connectivity index (χ4n) is 0. The molecule has 0 heterocycles. The van der Waals surface area contributed by atoms with Crippen molar-refractivity contribution in [3.05, 3.63) is 0 Å². The van der Waals surface area contributed by atoms with Gasteiger partial charge in [-0.25, -0.2) is 0 Å². The Bertz CT molecular complexity index is 75.3. The Balaban J connectivity index is -0.0000000300. The Labute approximate surface area is 79.4 Å². The summed E-state index contributed by atoms with van der Waals surface area (Å²) in [5.41, 5.74) is 0. The summed E-state index contributed by atoms with van der Waals surface area (Å²) in [4.78, 5) is 17.8.